The molecule has 0 radical (unpaired) electrons. The minimum absolute atomic E-state index is 0.128. The van der Waals surface area contributed by atoms with Gasteiger partial charge in [0.15, 0.2) is 0 Å². The summed E-state index contributed by atoms with van der Waals surface area (Å²) >= 11 is 0. The Morgan fingerprint density at radius 2 is 1.74 bits per heavy atom. The van der Waals surface area contributed by atoms with Crippen molar-refractivity contribution in [3.63, 3.8) is 0 Å². The fourth-order valence-corrected chi connectivity index (χ4v) is 6.16. The SMILES string of the molecule is O=S(=O)(c1ccccc1)N1CCC2(CC1)COC(CN1CCC(O)CC1)C2. The number of sulfonamides is 1. The summed E-state index contributed by atoms with van der Waals surface area (Å²) in [5, 5.41) is 9.65. The second-order valence-electron chi connectivity index (χ2n) is 8.39. The highest BCUT2D eigenvalue weighted by molar-refractivity contribution is 7.89. The molecule has 27 heavy (non-hydrogen) atoms. The van der Waals surface area contributed by atoms with Gasteiger partial charge in [-0.25, -0.2) is 8.42 Å². The lowest BCUT2D eigenvalue weighted by atomic mass is 9.77. The van der Waals surface area contributed by atoms with Gasteiger partial charge in [-0.05, 0) is 49.7 Å². The first-order valence-electron chi connectivity index (χ1n) is 10.0. The Morgan fingerprint density at radius 3 is 2.41 bits per heavy atom. The number of hydrogen-bond donors (Lipinski definition) is 1. The van der Waals surface area contributed by atoms with Gasteiger partial charge in [-0.2, -0.15) is 4.31 Å². The van der Waals surface area contributed by atoms with E-state index >= 15 is 0 Å². The largest absolute Gasteiger partial charge is 0.393 e. The summed E-state index contributed by atoms with van der Waals surface area (Å²) in [5.41, 5.74) is 0.128. The molecule has 0 aliphatic carbocycles. The lowest BCUT2D eigenvalue weighted by molar-refractivity contribution is 0.0327. The van der Waals surface area contributed by atoms with Gasteiger partial charge in [-0.3, -0.25) is 0 Å². The number of aliphatic hydroxyl groups is 1. The van der Waals surface area contributed by atoms with E-state index in [1.54, 1.807) is 28.6 Å². The van der Waals surface area contributed by atoms with E-state index in [1.165, 1.54) is 0 Å². The van der Waals surface area contributed by atoms with Gasteiger partial charge in [0.05, 0.1) is 23.7 Å². The molecule has 0 saturated carbocycles. The van der Waals surface area contributed by atoms with Crippen LogP contribution in [0.4, 0.5) is 0 Å². The molecule has 3 fully saturated rings. The average molecular weight is 395 g/mol. The molecule has 1 unspecified atom stereocenters. The number of benzene rings is 1. The molecule has 0 bridgehead atoms. The van der Waals surface area contributed by atoms with Crippen molar-refractivity contribution in [3.05, 3.63) is 30.3 Å². The topological polar surface area (TPSA) is 70.1 Å². The quantitative estimate of drug-likeness (QED) is 0.842. The van der Waals surface area contributed by atoms with Crippen LogP contribution in [0, 0.1) is 5.41 Å². The smallest absolute Gasteiger partial charge is 0.243 e. The highest BCUT2D eigenvalue weighted by Gasteiger charge is 2.44. The molecule has 1 spiro atoms. The van der Waals surface area contributed by atoms with Crippen LogP contribution in [-0.2, 0) is 14.8 Å². The monoisotopic (exact) mass is 394 g/mol. The molecular weight excluding hydrogens is 364 g/mol. The maximum Gasteiger partial charge on any atom is 0.243 e. The van der Waals surface area contributed by atoms with Crippen LogP contribution in [-0.4, -0.2) is 74.3 Å². The van der Waals surface area contributed by atoms with Crippen molar-refractivity contribution >= 4 is 10.0 Å². The molecule has 1 aromatic rings. The summed E-state index contributed by atoms with van der Waals surface area (Å²) in [5.74, 6) is 0. The van der Waals surface area contributed by atoms with Crippen molar-refractivity contribution in [3.8, 4) is 0 Å². The van der Waals surface area contributed by atoms with Gasteiger partial charge in [0, 0.05) is 32.7 Å². The Morgan fingerprint density at radius 1 is 1.07 bits per heavy atom. The average Bonchev–Trinajstić information content (AvgIpc) is 3.07. The third-order valence-corrected chi connectivity index (χ3v) is 8.38. The molecule has 0 amide bonds. The van der Waals surface area contributed by atoms with Crippen LogP contribution in [0.25, 0.3) is 0 Å². The summed E-state index contributed by atoms with van der Waals surface area (Å²) in [6.07, 6.45) is 4.55. The van der Waals surface area contributed by atoms with Crippen LogP contribution < -0.4 is 0 Å². The number of likely N-dealkylation sites (tertiary alicyclic amines) is 1. The van der Waals surface area contributed by atoms with E-state index in [9.17, 15) is 13.5 Å². The van der Waals surface area contributed by atoms with Crippen molar-refractivity contribution in [2.45, 2.75) is 49.2 Å². The summed E-state index contributed by atoms with van der Waals surface area (Å²) < 4.78 is 33.4. The van der Waals surface area contributed by atoms with Gasteiger partial charge in [-0.15, -0.1) is 0 Å². The van der Waals surface area contributed by atoms with Crippen LogP contribution in [0.3, 0.4) is 0 Å². The second kappa shape index (κ2) is 7.79. The number of hydrogen-bond acceptors (Lipinski definition) is 5. The molecule has 6 nitrogen and oxygen atoms in total. The first-order valence-corrected chi connectivity index (χ1v) is 11.5. The molecule has 150 valence electrons. The summed E-state index contributed by atoms with van der Waals surface area (Å²) in [7, 11) is -3.39. The Labute approximate surface area is 162 Å². The maximum atomic E-state index is 12.8. The lowest BCUT2D eigenvalue weighted by Gasteiger charge is -2.38. The zero-order valence-electron chi connectivity index (χ0n) is 15.8. The van der Waals surface area contributed by atoms with E-state index in [4.69, 9.17) is 4.74 Å². The van der Waals surface area contributed by atoms with Gasteiger partial charge in [0.25, 0.3) is 0 Å². The molecule has 0 aromatic heterocycles. The molecule has 7 heteroatoms. The van der Waals surface area contributed by atoms with Crippen LogP contribution >= 0.6 is 0 Å². The molecule has 1 N–H and O–H groups in total. The number of piperidine rings is 2. The molecule has 1 aromatic carbocycles. The zero-order valence-corrected chi connectivity index (χ0v) is 16.6. The van der Waals surface area contributed by atoms with Crippen LogP contribution in [0.1, 0.15) is 32.1 Å². The van der Waals surface area contributed by atoms with Gasteiger partial charge < -0.3 is 14.7 Å². The Kier molecular flexibility index (Phi) is 5.58. The summed E-state index contributed by atoms with van der Waals surface area (Å²) in [4.78, 5) is 2.78. The van der Waals surface area contributed by atoms with Gasteiger partial charge in [0.1, 0.15) is 0 Å². The van der Waals surface area contributed by atoms with E-state index < -0.39 is 10.0 Å². The standard InChI is InChI=1S/C20H30N2O4S/c23-17-6-10-21(11-7-17)15-18-14-20(16-26-18)8-12-22(13-9-20)27(24,25)19-4-2-1-3-5-19/h1-5,17-18,23H,6-16H2. The highest BCUT2D eigenvalue weighted by Crippen LogP contribution is 2.43. The number of ether oxygens (including phenoxy) is 1. The number of aliphatic hydroxyl groups excluding tert-OH is 1. The molecule has 3 aliphatic rings. The first kappa shape index (κ1) is 19.3. The molecular formula is C20H30N2O4S. The number of rotatable bonds is 4. The van der Waals surface area contributed by atoms with Crippen molar-refractivity contribution in [2.24, 2.45) is 5.41 Å². The van der Waals surface area contributed by atoms with Gasteiger partial charge in [0.2, 0.25) is 10.0 Å². The molecule has 3 saturated heterocycles. The zero-order chi connectivity index (χ0) is 18.9. The van der Waals surface area contributed by atoms with Gasteiger partial charge >= 0.3 is 0 Å². The predicted octanol–water partition coefficient (Wildman–Crippen LogP) is 1.70. The van der Waals surface area contributed by atoms with Crippen LogP contribution in [0.2, 0.25) is 0 Å². The third-order valence-electron chi connectivity index (χ3n) is 6.47. The summed E-state index contributed by atoms with van der Waals surface area (Å²) in [6, 6.07) is 8.72. The van der Waals surface area contributed by atoms with E-state index in [0.29, 0.717) is 18.0 Å². The second-order valence-corrected chi connectivity index (χ2v) is 10.3. The van der Waals surface area contributed by atoms with E-state index in [0.717, 1.165) is 58.3 Å². The van der Waals surface area contributed by atoms with Crippen molar-refractivity contribution in [2.75, 3.05) is 39.3 Å². The summed E-state index contributed by atoms with van der Waals surface area (Å²) in [6.45, 7) is 4.70. The maximum absolute atomic E-state index is 12.8. The number of nitrogens with zero attached hydrogens (tertiary/aromatic N) is 2. The van der Waals surface area contributed by atoms with E-state index in [2.05, 4.69) is 4.90 Å². The minimum Gasteiger partial charge on any atom is -0.393 e. The van der Waals surface area contributed by atoms with Crippen molar-refractivity contribution < 1.29 is 18.3 Å². The van der Waals surface area contributed by atoms with Gasteiger partial charge in [-0.1, -0.05) is 18.2 Å². The predicted molar refractivity (Wildman–Crippen MR) is 103 cm³/mol. The molecule has 4 rings (SSSR count). The normalized spacial score (nSPS) is 28.0. The van der Waals surface area contributed by atoms with E-state index in [-0.39, 0.29) is 17.6 Å². The molecule has 3 aliphatic heterocycles. The van der Waals surface area contributed by atoms with Crippen molar-refractivity contribution in [1.29, 1.82) is 0 Å². The highest BCUT2D eigenvalue weighted by atomic mass is 32.2. The Hall–Kier alpha value is -0.990. The lowest BCUT2D eigenvalue weighted by Crippen LogP contribution is -2.44. The fraction of sp³-hybridized carbons (Fsp3) is 0.700. The fourth-order valence-electron chi connectivity index (χ4n) is 4.69. The molecule has 3 heterocycles. The van der Waals surface area contributed by atoms with Crippen LogP contribution in [0.5, 0.6) is 0 Å². The minimum atomic E-state index is -3.39. The Balaban J connectivity index is 1.31. The van der Waals surface area contributed by atoms with Crippen molar-refractivity contribution in [1.82, 2.24) is 9.21 Å². The van der Waals surface area contributed by atoms with E-state index in [1.807, 2.05) is 6.07 Å². The Bertz CT molecular complexity index is 724. The third kappa shape index (κ3) is 4.22. The van der Waals surface area contributed by atoms with Crippen LogP contribution in [0.15, 0.2) is 35.2 Å². The molecule has 1 atom stereocenters. The first-order chi connectivity index (χ1) is 13.0.